The van der Waals surface area contributed by atoms with Crippen LogP contribution in [0, 0.1) is 5.41 Å². The summed E-state index contributed by atoms with van der Waals surface area (Å²) in [7, 11) is 0. The number of amides is 1. The second-order valence-electron chi connectivity index (χ2n) is 4.38. The maximum absolute atomic E-state index is 11.8. The fourth-order valence-electron chi connectivity index (χ4n) is 1.93. The lowest BCUT2D eigenvalue weighted by molar-refractivity contribution is -0.135. The van der Waals surface area contributed by atoms with Crippen molar-refractivity contribution in [3.05, 3.63) is 0 Å². The van der Waals surface area contributed by atoms with Crippen LogP contribution in [-0.4, -0.2) is 30.7 Å². The van der Waals surface area contributed by atoms with Crippen LogP contribution in [0.4, 0.5) is 0 Å². The van der Waals surface area contributed by atoms with Crippen molar-refractivity contribution < 1.29 is 9.90 Å². The summed E-state index contributed by atoms with van der Waals surface area (Å²) in [6.45, 7) is 1.41. The van der Waals surface area contributed by atoms with E-state index < -0.39 is 0 Å². The van der Waals surface area contributed by atoms with Crippen LogP contribution in [-0.2, 0) is 4.79 Å². The molecule has 0 aliphatic heterocycles. The van der Waals surface area contributed by atoms with Crippen molar-refractivity contribution >= 4 is 5.91 Å². The predicted molar refractivity (Wildman–Crippen MR) is 59.3 cm³/mol. The molecule has 0 heterocycles. The van der Waals surface area contributed by atoms with Gasteiger partial charge in [-0.3, -0.25) is 4.79 Å². The topological polar surface area (TPSA) is 75.4 Å². The van der Waals surface area contributed by atoms with Gasteiger partial charge in [0.05, 0.1) is 5.41 Å². The van der Waals surface area contributed by atoms with Crippen LogP contribution in [0.15, 0.2) is 0 Å². The zero-order valence-corrected chi connectivity index (χ0v) is 9.30. The van der Waals surface area contributed by atoms with E-state index in [1.54, 1.807) is 0 Å². The Labute approximate surface area is 91.2 Å². The molecule has 0 bridgehead atoms. The minimum Gasteiger partial charge on any atom is -0.396 e. The molecule has 0 atom stereocenters. The second-order valence-corrected chi connectivity index (χ2v) is 4.38. The molecule has 4 heteroatoms. The minimum atomic E-state index is -0.253. The number of unbranched alkanes of at least 4 members (excludes halogenated alkanes) is 2. The fraction of sp³-hybridized carbons (Fsp3) is 0.909. The summed E-state index contributed by atoms with van der Waals surface area (Å²) < 4.78 is 0. The SMILES string of the molecule is NCC1(C(=O)NCCCCCO)CCC1. The van der Waals surface area contributed by atoms with Gasteiger partial charge < -0.3 is 16.2 Å². The highest BCUT2D eigenvalue weighted by molar-refractivity contribution is 5.83. The first kappa shape index (κ1) is 12.5. The Morgan fingerprint density at radius 2 is 2.07 bits per heavy atom. The van der Waals surface area contributed by atoms with Gasteiger partial charge in [-0.05, 0) is 32.1 Å². The number of aliphatic hydroxyl groups excluding tert-OH is 1. The van der Waals surface area contributed by atoms with Gasteiger partial charge in [0.15, 0.2) is 0 Å². The lowest BCUT2D eigenvalue weighted by Crippen LogP contribution is -2.50. The first-order valence-electron chi connectivity index (χ1n) is 5.84. The summed E-state index contributed by atoms with van der Waals surface area (Å²) in [5.41, 5.74) is 5.37. The minimum absolute atomic E-state index is 0.125. The van der Waals surface area contributed by atoms with Gasteiger partial charge in [0.1, 0.15) is 0 Å². The van der Waals surface area contributed by atoms with Crippen LogP contribution in [0.3, 0.4) is 0 Å². The smallest absolute Gasteiger partial charge is 0.227 e. The van der Waals surface area contributed by atoms with Gasteiger partial charge in [-0.25, -0.2) is 0 Å². The van der Waals surface area contributed by atoms with Gasteiger partial charge in [-0.1, -0.05) is 6.42 Å². The van der Waals surface area contributed by atoms with E-state index in [9.17, 15) is 4.79 Å². The molecule has 1 aliphatic rings. The molecule has 4 N–H and O–H groups in total. The van der Waals surface area contributed by atoms with E-state index in [0.29, 0.717) is 13.1 Å². The highest BCUT2D eigenvalue weighted by atomic mass is 16.2. The molecule has 0 aromatic heterocycles. The highest BCUT2D eigenvalue weighted by Crippen LogP contribution is 2.39. The number of nitrogens with two attached hydrogens (primary N) is 1. The third-order valence-electron chi connectivity index (χ3n) is 3.30. The quantitative estimate of drug-likeness (QED) is 0.537. The molecule has 1 aliphatic carbocycles. The lowest BCUT2D eigenvalue weighted by atomic mass is 9.68. The number of nitrogens with one attached hydrogen (secondary N) is 1. The van der Waals surface area contributed by atoms with E-state index in [0.717, 1.165) is 38.5 Å². The molecule has 1 amide bonds. The summed E-state index contributed by atoms with van der Waals surface area (Å²) in [6, 6.07) is 0. The Morgan fingerprint density at radius 1 is 1.33 bits per heavy atom. The monoisotopic (exact) mass is 214 g/mol. The molecule has 0 saturated heterocycles. The highest BCUT2D eigenvalue weighted by Gasteiger charge is 2.42. The predicted octanol–water partition coefficient (Wildman–Crippen LogP) is 0.394. The fourth-order valence-corrected chi connectivity index (χ4v) is 1.93. The average molecular weight is 214 g/mol. The molecule has 0 radical (unpaired) electrons. The average Bonchev–Trinajstić information content (AvgIpc) is 2.17. The largest absolute Gasteiger partial charge is 0.396 e. The molecule has 1 fully saturated rings. The summed E-state index contributed by atoms with van der Waals surface area (Å²) in [4.78, 5) is 11.8. The van der Waals surface area contributed by atoms with Gasteiger partial charge >= 0.3 is 0 Å². The molecule has 88 valence electrons. The molecule has 0 aromatic carbocycles. The molecule has 15 heavy (non-hydrogen) atoms. The Bertz CT molecular complexity index is 197. The molecule has 0 spiro atoms. The van der Waals surface area contributed by atoms with E-state index in [-0.39, 0.29) is 17.9 Å². The number of rotatable bonds is 7. The summed E-state index contributed by atoms with van der Waals surface area (Å²) in [5, 5.41) is 11.5. The standard InChI is InChI=1S/C11H22N2O2/c12-9-11(5-4-6-11)10(15)13-7-2-1-3-8-14/h14H,1-9,12H2,(H,13,15). The summed E-state index contributed by atoms with van der Waals surface area (Å²) in [5.74, 6) is 0.125. The third kappa shape index (κ3) is 3.18. The van der Waals surface area contributed by atoms with Crippen molar-refractivity contribution in [2.24, 2.45) is 11.1 Å². The summed E-state index contributed by atoms with van der Waals surface area (Å²) >= 11 is 0. The van der Waals surface area contributed by atoms with Crippen LogP contribution in [0.5, 0.6) is 0 Å². The Hall–Kier alpha value is -0.610. The van der Waals surface area contributed by atoms with Crippen molar-refractivity contribution in [2.45, 2.75) is 38.5 Å². The zero-order chi connectivity index (χ0) is 11.1. The van der Waals surface area contributed by atoms with Gasteiger partial charge in [0, 0.05) is 19.7 Å². The molecule has 1 rings (SSSR count). The molecule has 4 nitrogen and oxygen atoms in total. The lowest BCUT2D eigenvalue weighted by Gasteiger charge is -2.39. The Morgan fingerprint density at radius 3 is 2.53 bits per heavy atom. The number of carbonyl (C=O) groups excluding carboxylic acids is 1. The maximum Gasteiger partial charge on any atom is 0.227 e. The van der Waals surface area contributed by atoms with Crippen LogP contribution >= 0.6 is 0 Å². The van der Waals surface area contributed by atoms with Gasteiger partial charge in [0.2, 0.25) is 5.91 Å². The summed E-state index contributed by atoms with van der Waals surface area (Å²) in [6.07, 6.45) is 5.71. The second kappa shape index (κ2) is 6.08. The molecular formula is C11H22N2O2. The van der Waals surface area contributed by atoms with Crippen molar-refractivity contribution in [1.29, 1.82) is 0 Å². The van der Waals surface area contributed by atoms with Gasteiger partial charge in [-0.2, -0.15) is 0 Å². The van der Waals surface area contributed by atoms with Crippen molar-refractivity contribution in [3.8, 4) is 0 Å². The molecular weight excluding hydrogens is 192 g/mol. The van der Waals surface area contributed by atoms with Crippen molar-refractivity contribution in [2.75, 3.05) is 19.7 Å². The molecule has 0 unspecified atom stereocenters. The first-order chi connectivity index (χ1) is 7.25. The normalized spacial score (nSPS) is 18.3. The number of hydrogen-bond acceptors (Lipinski definition) is 3. The number of carbonyl (C=O) groups is 1. The van der Waals surface area contributed by atoms with E-state index in [1.807, 2.05) is 0 Å². The third-order valence-corrected chi connectivity index (χ3v) is 3.30. The molecule has 1 saturated carbocycles. The first-order valence-corrected chi connectivity index (χ1v) is 5.84. The van der Waals surface area contributed by atoms with Crippen LogP contribution in [0.2, 0.25) is 0 Å². The zero-order valence-electron chi connectivity index (χ0n) is 9.30. The Kier molecular flexibility index (Phi) is 5.05. The van der Waals surface area contributed by atoms with Crippen molar-refractivity contribution in [3.63, 3.8) is 0 Å². The van der Waals surface area contributed by atoms with E-state index in [1.165, 1.54) is 0 Å². The maximum atomic E-state index is 11.8. The van der Waals surface area contributed by atoms with E-state index >= 15 is 0 Å². The Balaban J connectivity index is 2.12. The van der Waals surface area contributed by atoms with E-state index in [2.05, 4.69) is 5.32 Å². The van der Waals surface area contributed by atoms with Gasteiger partial charge in [0.25, 0.3) is 0 Å². The van der Waals surface area contributed by atoms with Gasteiger partial charge in [-0.15, -0.1) is 0 Å². The van der Waals surface area contributed by atoms with Crippen molar-refractivity contribution in [1.82, 2.24) is 5.32 Å². The number of hydrogen-bond donors (Lipinski definition) is 3. The van der Waals surface area contributed by atoms with Crippen LogP contribution in [0.25, 0.3) is 0 Å². The number of aliphatic hydroxyl groups is 1. The van der Waals surface area contributed by atoms with Crippen LogP contribution in [0.1, 0.15) is 38.5 Å². The molecule has 0 aromatic rings. The van der Waals surface area contributed by atoms with E-state index in [4.69, 9.17) is 10.8 Å². The van der Waals surface area contributed by atoms with Crippen LogP contribution < -0.4 is 11.1 Å².